The number of nitrogens with one attached hydrogen (secondary N) is 2. The molecule has 10 nitrogen and oxygen atoms in total. The molecule has 1 aliphatic rings. The second kappa shape index (κ2) is 8.60. The molecule has 2 heterocycles. The van der Waals surface area contributed by atoms with Gasteiger partial charge in [0.1, 0.15) is 22.8 Å². The molecular weight excluding hydrogens is 398 g/mol. The second-order valence-corrected chi connectivity index (χ2v) is 7.37. The van der Waals surface area contributed by atoms with E-state index in [1.54, 1.807) is 13.2 Å². The molecular formula is C21H25N7O3. The van der Waals surface area contributed by atoms with Gasteiger partial charge in [0.05, 0.1) is 12.0 Å². The predicted octanol–water partition coefficient (Wildman–Crippen LogP) is 3.06. The third kappa shape index (κ3) is 4.15. The number of likely N-dealkylation sites (N-methyl/N-ethyl adjacent to an activating group) is 1. The molecule has 10 heteroatoms. The zero-order chi connectivity index (χ0) is 22.0. The summed E-state index contributed by atoms with van der Waals surface area (Å²) < 4.78 is 5.52. The monoisotopic (exact) mass is 423 g/mol. The van der Waals surface area contributed by atoms with Gasteiger partial charge in [-0.05, 0) is 37.2 Å². The Balaban J connectivity index is 1.76. The summed E-state index contributed by atoms with van der Waals surface area (Å²) in [4.78, 5) is 22.4. The Morgan fingerprint density at radius 1 is 1.32 bits per heavy atom. The van der Waals surface area contributed by atoms with Gasteiger partial charge in [-0.3, -0.25) is 10.1 Å². The van der Waals surface area contributed by atoms with E-state index in [-0.39, 0.29) is 11.4 Å². The summed E-state index contributed by atoms with van der Waals surface area (Å²) in [7, 11) is 1.60. The van der Waals surface area contributed by atoms with E-state index in [9.17, 15) is 10.1 Å². The van der Waals surface area contributed by atoms with Crippen molar-refractivity contribution in [1.82, 2.24) is 15.3 Å². The van der Waals surface area contributed by atoms with Gasteiger partial charge in [-0.2, -0.15) is 4.98 Å². The Kier molecular flexibility index (Phi) is 5.72. The van der Waals surface area contributed by atoms with Crippen molar-refractivity contribution in [1.29, 1.82) is 0 Å². The largest absolute Gasteiger partial charge is 0.494 e. The standard InChI is InChI=1S/C21H25N7O3/c1-3-23-14-9-10-27(12-14)20-15-5-4-6-18(31-2)19(15)25-21(26-20)24-13-7-8-16(22)17(11-13)28(29)30/h4-8,11,14,23H,3,9-10,12,22H2,1-2H3,(H,24,25,26). The minimum absolute atomic E-state index is 0.101. The molecule has 0 amide bonds. The van der Waals surface area contributed by atoms with Gasteiger partial charge in [-0.15, -0.1) is 0 Å². The fourth-order valence-electron chi connectivity index (χ4n) is 3.89. The van der Waals surface area contributed by atoms with Crippen LogP contribution in [-0.4, -0.2) is 47.7 Å². The average Bonchev–Trinajstić information content (AvgIpc) is 3.22. The Morgan fingerprint density at radius 3 is 2.90 bits per heavy atom. The molecule has 0 radical (unpaired) electrons. The van der Waals surface area contributed by atoms with E-state index in [1.165, 1.54) is 12.1 Å². The highest BCUT2D eigenvalue weighted by molar-refractivity contribution is 5.94. The fraction of sp³-hybridized carbons (Fsp3) is 0.333. The summed E-state index contributed by atoms with van der Waals surface area (Å²) in [5, 5.41) is 18.7. The molecule has 0 bridgehead atoms. The van der Waals surface area contributed by atoms with Gasteiger partial charge in [0.25, 0.3) is 5.69 Å². The lowest BCUT2D eigenvalue weighted by Gasteiger charge is -2.21. The van der Waals surface area contributed by atoms with Crippen molar-refractivity contribution < 1.29 is 9.66 Å². The van der Waals surface area contributed by atoms with E-state index >= 15 is 0 Å². The normalized spacial score (nSPS) is 15.9. The Morgan fingerprint density at radius 2 is 2.16 bits per heavy atom. The van der Waals surface area contributed by atoms with Crippen LogP contribution < -0.4 is 26.0 Å². The summed E-state index contributed by atoms with van der Waals surface area (Å²) in [5.74, 6) is 1.77. The van der Waals surface area contributed by atoms with Crippen LogP contribution in [0.5, 0.6) is 5.75 Å². The molecule has 4 N–H and O–H groups in total. The van der Waals surface area contributed by atoms with Crippen molar-refractivity contribution in [3.63, 3.8) is 0 Å². The van der Waals surface area contributed by atoms with E-state index in [1.807, 2.05) is 18.2 Å². The fourth-order valence-corrected chi connectivity index (χ4v) is 3.89. The predicted molar refractivity (Wildman–Crippen MR) is 121 cm³/mol. The molecule has 0 saturated carbocycles. The first-order valence-corrected chi connectivity index (χ1v) is 10.1. The van der Waals surface area contributed by atoms with Crippen LogP contribution in [0, 0.1) is 10.1 Å². The number of benzene rings is 2. The maximum Gasteiger partial charge on any atom is 0.294 e. The van der Waals surface area contributed by atoms with Gasteiger partial charge in [-0.25, -0.2) is 4.98 Å². The SMILES string of the molecule is CCNC1CCN(c2nc(Nc3ccc(N)c([N+](=O)[O-])c3)nc3c(OC)cccc23)C1. The number of ether oxygens (including phenoxy) is 1. The number of nitrogens with zero attached hydrogens (tertiary/aromatic N) is 4. The van der Waals surface area contributed by atoms with Crippen LogP contribution in [0.15, 0.2) is 36.4 Å². The summed E-state index contributed by atoms with van der Waals surface area (Å²) in [6, 6.07) is 10.7. The van der Waals surface area contributed by atoms with Crippen molar-refractivity contribution in [3.8, 4) is 5.75 Å². The quantitative estimate of drug-likeness (QED) is 0.298. The lowest BCUT2D eigenvalue weighted by molar-refractivity contribution is -0.383. The molecule has 1 fully saturated rings. The third-order valence-corrected chi connectivity index (χ3v) is 5.35. The first-order valence-electron chi connectivity index (χ1n) is 10.1. The number of methoxy groups -OCH3 is 1. The maximum atomic E-state index is 11.2. The van der Waals surface area contributed by atoms with Gasteiger partial charge in [0, 0.05) is 36.3 Å². The van der Waals surface area contributed by atoms with Crippen LogP contribution in [0.25, 0.3) is 10.9 Å². The highest BCUT2D eigenvalue weighted by Gasteiger charge is 2.25. The van der Waals surface area contributed by atoms with Gasteiger partial charge in [0.2, 0.25) is 5.95 Å². The van der Waals surface area contributed by atoms with E-state index in [0.29, 0.717) is 28.9 Å². The van der Waals surface area contributed by atoms with Crippen molar-refractivity contribution in [2.45, 2.75) is 19.4 Å². The molecule has 31 heavy (non-hydrogen) atoms. The van der Waals surface area contributed by atoms with Gasteiger partial charge in [0.15, 0.2) is 0 Å². The number of aromatic nitrogens is 2. The molecule has 1 saturated heterocycles. The van der Waals surface area contributed by atoms with Crippen molar-refractivity contribution in [3.05, 3.63) is 46.5 Å². The van der Waals surface area contributed by atoms with Crippen molar-refractivity contribution in [2.75, 3.05) is 42.7 Å². The molecule has 1 aliphatic heterocycles. The molecule has 162 valence electrons. The molecule has 1 aromatic heterocycles. The zero-order valence-corrected chi connectivity index (χ0v) is 17.5. The zero-order valence-electron chi connectivity index (χ0n) is 17.5. The Labute approximate surface area is 179 Å². The number of anilines is 4. The second-order valence-electron chi connectivity index (χ2n) is 7.37. The van der Waals surface area contributed by atoms with E-state index < -0.39 is 4.92 Å². The number of hydrogen-bond donors (Lipinski definition) is 3. The molecule has 1 atom stereocenters. The lowest BCUT2D eigenvalue weighted by Crippen LogP contribution is -2.32. The number of hydrogen-bond acceptors (Lipinski definition) is 9. The van der Waals surface area contributed by atoms with E-state index in [4.69, 9.17) is 15.5 Å². The topological polar surface area (TPSA) is 131 Å². The number of nitrogens with two attached hydrogens (primary N) is 1. The van der Waals surface area contributed by atoms with Gasteiger partial charge >= 0.3 is 0 Å². The summed E-state index contributed by atoms with van der Waals surface area (Å²) >= 11 is 0. The summed E-state index contributed by atoms with van der Waals surface area (Å²) in [5.41, 5.74) is 6.80. The number of fused-ring (bicyclic) bond motifs is 1. The number of nitrogen functional groups attached to an aromatic ring is 1. The molecule has 2 aromatic carbocycles. The lowest BCUT2D eigenvalue weighted by atomic mass is 10.2. The van der Waals surface area contributed by atoms with E-state index in [2.05, 4.69) is 27.4 Å². The molecule has 0 aliphatic carbocycles. The molecule has 0 spiro atoms. The summed E-state index contributed by atoms with van der Waals surface area (Å²) in [6.45, 7) is 4.72. The molecule has 4 rings (SSSR count). The third-order valence-electron chi connectivity index (χ3n) is 5.35. The van der Waals surface area contributed by atoms with Crippen LogP contribution in [-0.2, 0) is 0 Å². The van der Waals surface area contributed by atoms with Gasteiger partial charge in [-0.1, -0.05) is 13.0 Å². The van der Waals surface area contributed by atoms with E-state index in [0.717, 1.165) is 37.3 Å². The highest BCUT2D eigenvalue weighted by atomic mass is 16.6. The number of para-hydroxylation sites is 1. The highest BCUT2D eigenvalue weighted by Crippen LogP contribution is 2.34. The van der Waals surface area contributed by atoms with Gasteiger partial charge < -0.3 is 26.0 Å². The smallest absolute Gasteiger partial charge is 0.294 e. The first kappa shape index (κ1) is 20.6. The number of nitro benzene ring substituents is 1. The Bertz CT molecular complexity index is 1120. The number of nitro groups is 1. The minimum Gasteiger partial charge on any atom is -0.494 e. The van der Waals surface area contributed by atoms with Crippen molar-refractivity contribution >= 4 is 39.7 Å². The summed E-state index contributed by atoms with van der Waals surface area (Å²) in [6.07, 6.45) is 1.02. The molecule has 3 aromatic rings. The van der Waals surface area contributed by atoms with Crippen LogP contribution in [0.4, 0.5) is 28.8 Å². The molecule has 1 unspecified atom stereocenters. The number of rotatable bonds is 7. The van der Waals surface area contributed by atoms with Crippen LogP contribution in [0.1, 0.15) is 13.3 Å². The van der Waals surface area contributed by atoms with Crippen LogP contribution in [0.2, 0.25) is 0 Å². The van der Waals surface area contributed by atoms with Crippen LogP contribution >= 0.6 is 0 Å². The first-order chi connectivity index (χ1) is 15.0. The average molecular weight is 423 g/mol. The Hall–Kier alpha value is -3.66. The van der Waals surface area contributed by atoms with Crippen molar-refractivity contribution in [2.24, 2.45) is 0 Å². The van der Waals surface area contributed by atoms with Crippen LogP contribution in [0.3, 0.4) is 0 Å². The minimum atomic E-state index is -0.513. The maximum absolute atomic E-state index is 11.2.